The van der Waals surface area contributed by atoms with E-state index in [2.05, 4.69) is 50.8 Å². The highest BCUT2D eigenvalue weighted by Crippen LogP contribution is 2.25. The van der Waals surface area contributed by atoms with Crippen molar-refractivity contribution in [1.82, 2.24) is 24.6 Å². The third-order valence-electron chi connectivity index (χ3n) is 5.70. The van der Waals surface area contributed by atoms with Gasteiger partial charge in [-0.1, -0.05) is 66.4 Å². The van der Waals surface area contributed by atoms with Gasteiger partial charge in [0, 0.05) is 31.1 Å². The molecule has 0 radical (unpaired) electrons. The predicted molar refractivity (Wildman–Crippen MR) is 132 cm³/mol. The Kier molecular flexibility index (Phi) is 6.41. The summed E-state index contributed by atoms with van der Waals surface area (Å²) in [5.41, 5.74) is 4.64. The number of carbonyl (C=O) groups is 1. The maximum Gasteiger partial charge on any atom is 0.233 e. The predicted octanol–water partition coefficient (Wildman–Crippen LogP) is 4.23. The van der Waals surface area contributed by atoms with Crippen LogP contribution in [0.2, 0.25) is 0 Å². The van der Waals surface area contributed by atoms with Crippen molar-refractivity contribution in [1.29, 1.82) is 0 Å². The Balaban J connectivity index is 1.15. The summed E-state index contributed by atoms with van der Waals surface area (Å²) >= 11 is 3.00. The number of rotatable bonds is 7. The molecule has 0 spiro atoms. The van der Waals surface area contributed by atoms with Crippen LogP contribution in [0.1, 0.15) is 17.0 Å². The molecule has 33 heavy (non-hydrogen) atoms. The van der Waals surface area contributed by atoms with Crippen LogP contribution in [0.3, 0.4) is 0 Å². The SMILES string of the molecule is Cn1c(CNc2nc(-c3ccccc3)cs2)nnc1SCC(=O)N1CCc2ccccc2C1. The van der Waals surface area contributed by atoms with Gasteiger partial charge in [0.2, 0.25) is 5.91 Å². The number of aromatic nitrogens is 4. The zero-order valence-electron chi connectivity index (χ0n) is 18.3. The first-order chi connectivity index (χ1) is 16.2. The number of thiazole rings is 1. The van der Waals surface area contributed by atoms with Crippen molar-refractivity contribution >= 4 is 34.1 Å². The Labute approximate surface area is 200 Å². The van der Waals surface area contributed by atoms with E-state index in [4.69, 9.17) is 0 Å². The van der Waals surface area contributed by atoms with Crippen LogP contribution in [0, 0.1) is 0 Å². The molecule has 0 saturated carbocycles. The Hall–Kier alpha value is -3.17. The maximum atomic E-state index is 12.8. The van der Waals surface area contributed by atoms with Crippen molar-refractivity contribution in [3.63, 3.8) is 0 Å². The first-order valence-corrected chi connectivity index (χ1v) is 12.6. The molecule has 2 aromatic heterocycles. The molecule has 2 aromatic carbocycles. The summed E-state index contributed by atoms with van der Waals surface area (Å²) in [5, 5.41) is 15.5. The largest absolute Gasteiger partial charge is 0.354 e. The van der Waals surface area contributed by atoms with Gasteiger partial charge in [0.25, 0.3) is 0 Å². The standard InChI is InChI=1S/C24H24N6OS2/c1-29-21(13-25-23-26-20(15-32-23)18-8-3-2-4-9-18)27-28-24(29)33-16-22(31)30-12-11-17-7-5-6-10-19(17)14-30/h2-10,15H,11-14,16H2,1H3,(H,25,26). The molecule has 168 valence electrons. The van der Waals surface area contributed by atoms with Crippen molar-refractivity contribution in [3.05, 3.63) is 76.9 Å². The zero-order chi connectivity index (χ0) is 22.6. The number of amides is 1. The second kappa shape index (κ2) is 9.76. The summed E-state index contributed by atoms with van der Waals surface area (Å²) in [4.78, 5) is 19.3. The van der Waals surface area contributed by atoms with E-state index >= 15 is 0 Å². The fourth-order valence-corrected chi connectivity index (χ4v) is 5.35. The molecule has 9 heteroatoms. The van der Waals surface area contributed by atoms with Gasteiger partial charge < -0.3 is 14.8 Å². The number of hydrogen-bond acceptors (Lipinski definition) is 7. The highest BCUT2D eigenvalue weighted by molar-refractivity contribution is 7.99. The van der Waals surface area contributed by atoms with E-state index in [9.17, 15) is 4.79 Å². The molecule has 1 N–H and O–H groups in total. The van der Waals surface area contributed by atoms with Crippen molar-refractivity contribution < 1.29 is 4.79 Å². The van der Waals surface area contributed by atoms with Crippen LogP contribution in [0.25, 0.3) is 11.3 Å². The summed E-state index contributed by atoms with van der Waals surface area (Å²) < 4.78 is 1.93. The highest BCUT2D eigenvalue weighted by atomic mass is 32.2. The zero-order valence-corrected chi connectivity index (χ0v) is 19.9. The number of thioether (sulfide) groups is 1. The van der Waals surface area contributed by atoms with Gasteiger partial charge in [-0.3, -0.25) is 4.79 Å². The minimum atomic E-state index is 0.133. The molecule has 1 aliphatic heterocycles. The number of anilines is 1. The van der Waals surface area contributed by atoms with Crippen LogP contribution >= 0.6 is 23.1 Å². The summed E-state index contributed by atoms with van der Waals surface area (Å²) in [6.45, 7) is 1.97. The van der Waals surface area contributed by atoms with E-state index in [1.807, 2.05) is 46.2 Å². The van der Waals surface area contributed by atoms with Crippen LogP contribution in [0.5, 0.6) is 0 Å². The molecule has 0 bridgehead atoms. The van der Waals surface area contributed by atoms with Crippen LogP contribution in [0.4, 0.5) is 5.13 Å². The number of nitrogens with one attached hydrogen (secondary N) is 1. The van der Waals surface area contributed by atoms with E-state index in [0.29, 0.717) is 18.8 Å². The van der Waals surface area contributed by atoms with Crippen LogP contribution < -0.4 is 5.32 Å². The summed E-state index contributed by atoms with van der Waals surface area (Å²) in [6.07, 6.45) is 0.912. The molecule has 0 atom stereocenters. The molecule has 1 amide bonds. The summed E-state index contributed by atoms with van der Waals surface area (Å²) in [5.74, 6) is 1.29. The number of carbonyl (C=O) groups excluding carboxylic acids is 1. The maximum absolute atomic E-state index is 12.8. The third kappa shape index (κ3) is 4.94. The lowest BCUT2D eigenvalue weighted by Gasteiger charge is -2.28. The van der Waals surface area contributed by atoms with Gasteiger partial charge in [0.1, 0.15) is 0 Å². The van der Waals surface area contributed by atoms with Crippen LogP contribution in [0.15, 0.2) is 65.1 Å². The minimum absolute atomic E-state index is 0.133. The van der Waals surface area contributed by atoms with E-state index in [-0.39, 0.29) is 5.91 Å². The lowest BCUT2D eigenvalue weighted by atomic mass is 10.00. The Morgan fingerprint density at radius 2 is 1.88 bits per heavy atom. The topological polar surface area (TPSA) is 75.9 Å². The fraction of sp³-hybridized carbons (Fsp3) is 0.250. The molecular weight excluding hydrogens is 452 g/mol. The quantitative estimate of drug-likeness (QED) is 0.403. The smallest absolute Gasteiger partial charge is 0.233 e. The van der Waals surface area contributed by atoms with Gasteiger partial charge >= 0.3 is 0 Å². The van der Waals surface area contributed by atoms with Gasteiger partial charge in [-0.2, -0.15) is 0 Å². The molecule has 1 aliphatic rings. The highest BCUT2D eigenvalue weighted by Gasteiger charge is 2.21. The third-order valence-corrected chi connectivity index (χ3v) is 7.51. The Bertz CT molecular complexity index is 1250. The van der Waals surface area contributed by atoms with Crippen molar-refractivity contribution in [2.45, 2.75) is 24.7 Å². The first kappa shape index (κ1) is 21.7. The molecule has 5 rings (SSSR count). The Morgan fingerprint density at radius 1 is 1.09 bits per heavy atom. The van der Waals surface area contributed by atoms with Crippen molar-refractivity contribution in [2.24, 2.45) is 7.05 Å². The summed E-state index contributed by atoms with van der Waals surface area (Å²) in [6, 6.07) is 18.5. The summed E-state index contributed by atoms with van der Waals surface area (Å²) in [7, 11) is 1.93. The van der Waals surface area contributed by atoms with E-state index in [1.165, 1.54) is 22.9 Å². The lowest BCUT2D eigenvalue weighted by Crippen LogP contribution is -2.37. The second-order valence-corrected chi connectivity index (χ2v) is 9.64. The number of hydrogen-bond donors (Lipinski definition) is 1. The number of benzene rings is 2. The molecule has 0 fully saturated rings. The van der Waals surface area contributed by atoms with E-state index in [1.54, 1.807) is 11.3 Å². The van der Waals surface area contributed by atoms with Crippen LogP contribution in [-0.4, -0.2) is 42.9 Å². The molecule has 7 nitrogen and oxygen atoms in total. The van der Waals surface area contributed by atoms with Crippen LogP contribution in [-0.2, 0) is 31.4 Å². The second-order valence-electron chi connectivity index (χ2n) is 7.84. The average Bonchev–Trinajstić information content (AvgIpc) is 3.48. The first-order valence-electron chi connectivity index (χ1n) is 10.8. The molecule has 4 aromatic rings. The van der Waals surface area contributed by atoms with Gasteiger partial charge in [-0.25, -0.2) is 4.98 Å². The fourth-order valence-electron chi connectivity index (χ4n) is 3.80. The Morgan fingerprint density at radius 3 is 2.73 bits per heavy atom. The number of nitrogens with zero attached hydrogens (tertiary/aromatic N) is 5. The molecular formula is C24H24N6OS2. The van der Waals surface area contributed by atoms with Gasteiger partial charge in [-0.05, 0) is 17.5 Å². The van der Waals surface area contributed by atoms with E-state index in [0.717, 1.165) is 40.3 Å². The molecule has 0 unspecified atom stereocenters. The number of fused-ring (bicyclic) bond motifs is 1. The minimum Gasteiger partial charge on any atom is -0.354 e. The van der Waals surface area contributed by atoms with Gasteiger partial charge in [0.05, 0.1) is 18.0 Å². The average molecular weight is 477 g/mol. The van der Waals surface area contributed by atoms with Crippen molar-refractivity contribution in [2.75, 3.05) is 17.6 Å². The van der Waals surface area contributed by atoms with Gasteiger partial charge in [-0.15, -0.1) is 21.5 Å². The van der Waals surface area contributed by atoms with Gasteiger partial charge in [0.15, 0.2) is 16.1 Å². The molecule has 0 saturated heterocycles. The van der Waals surface area contributed by atoms with E-state index < -0.39 is 0 Å². The molecule has 0 aliphatic carbocycles. The molecule has 3 heterocycles. The lowest BCUT2D eigenvalue weighted by molar-refractivity contribution is -0.129. The monoisotopic (exact) mass is 476 g/mol. The normalized spacial score (nSPS) is 13.1. The van der Waals surface area contributed by atoms with Crippen molar-refractivity contribution in [3.8, 4) is 11.3 Å².